The standard InChI is InChI=1S/C19H26F2N6O/c1-3-22-19(24-12-17-23-9-11-27(17)18(20)21)25-14-8-10-26(13-14)15-6-4-5-7-16(15)28-2/h4-7,9,11,14,18H,3,8,10,12-13H2,1-2H3,(H2,22,24,25). The summed E-state index contributed by atoms with van der Waals surface area (Å²) >= 11 is 0. The lowest BCUT2D eigenvalue weighted by atomic mass is 10.2. The van der Waals surface area contributed by atoms with E-state index in [0.29, 0.717) is 12.5 Å². The van der Waals surface area contributed by atoms with Crippen LogP contribution in [0.4, 0.5) is 14.5 Å². The van der Waals surface area contributed by atoms with Crippen molar-refractivity contribution in [2.75, 3.05) is 31.6 Å². The number of hydrogen-bond donors (Lipinski definition) is 2. The summed E-state index contributed by atoms with van der Waals surface area (Å²) in [6.45, 7) is 1.80. The van der Waals surface area contributed by atoms with Crippen molar-refractivity contribution < 1.29 is 13.5 Å². The van der Waals surface area contributed by atoms with Crippen molar-refractivity contribution in [2.45, 2.75) is 32.5 Å². The Morgan fingerprint density at radius 2 is 2.21 bits per heavy atom. The number of para-hydroxylation sites is 2. The minimum Gasteiger partial charge on any atom is -0.495 e. The molecule has 3 rings (SSSR count). The van der Waals surface area contributed by atoms with E-state index in [1.807, 2.05) is 31.2 Å². The molecule has 7 nitrogen and oxygen atoms in total. The number of nitrogens with one attached hydrogen (secondary N) is 2. The Bertz CT molecular complexity index is 794. The number of methoxy groups -OCH3 is 1. The zero-order valence-electron chi connectivity index (χ0n) is 16.1. The first-order chi connectivity index (χ1) is 13.6. The molecular formula is C19H26F2N6O. The number of rotatable bonds is 7. The van der Waals surface area contributed by atoms with E-state index in [4.69, 9.17) is 4.74 Å². The highest BCUT2D eigenvalue weighted by Gasteiger charge is 2.25. The second-order valence-corrected chi connectivity index (χ2v) is 6.47. The molecule has 152 valence electrons. The van der Waals surface area contributed by atoms with Gasteiger partial charge in [0.1, 0.15) is 18.1 Å². The molecule has 1 aromatic carbocycles. The van der Waals surface area contributed by atoms with Crippen LogP contribution in [0.3, 0.4) is 0 Å². The second-order valence-electron chi connectivity index (χ2n) is 6.47. The molecule has 0 radical (unpaired) electrons. The maximum Gasteiger partial charge on any atom is 0.319 e. The number of imidazole rings is 1. The molecule has 9 heteroatoms. The van der Waals surface area contributed by atoms with Crippen LogP contribution in [0.5, 0.6) is 5.75 Å². The molecule has 0 aliphatic carbocycles. The lowest BCUT2D eigenvalue weighted by molar-refractivity contribution is 0.0671. The highest BCUT2D eigenvalue weighted by molar-refractivity contribution is 5.80. The fourth-order valence-electron chi connectivity index (χ4n) is 3.30. The molecule has 2 N–H and O–H groups in total. The number of hydrogen-bond acceptors (Lipinski definition) is 4. The van der Waals surface area contributed by atoms with Gasteiger partial charge in [-0.2, -0.15) is 8.78 Å². The molecule has 2 heterocycles. The molecule has 28 heavy (non-hydrogen) atoms. The molecule has 1 atom stereocenters. The molecule has 1 unspecified atom stereocenters. The number of guanidine groups is 1. The Labute approximate surface area is 163 Å². The van der Waals surface area contributed by atoms with E-state index < -0.39 is 6.55 Å². The van der Waals surface area contributed by atoms with Gasteiger partial charge >= 0.3 is 6.55 Å². The van der Waals surface area contributed by atoms with E-state index in [2.05, 4.69) is 25.5 Å². The molecule has 1 aliphatic rings. The van der Waals surface area contributed by atoms with Gasteiger partial charge in [-0.25, -0.2) is 9.98 Å². The van der Waals surface area contributed by atoms with Gasteiger partial charge in [-0.1, -0.05) is 12.1 Å². The van der Waals surface area contributed by atoms with Crippen molar-refractivity contribution >= 4 is 11.6 Å². The number of alkyl halides is 2. The van der Waals surface area contributed by atoms with Gasteiger partial charge in [-0.05, 0) is 25.5 Å². The van der Waals surface area contributed by atoms with Gasteiger partial charge in [0.2, 0.25) is 0 Å². The quantitative estimate of drug-likeness (QED) is 0.560. The first kappa shape index (κ1) is 19.9. The third-order valence-corrected chi connectivity index (χ3v) is 4.64. The topological polar surface area (TPSA) is 66.7 Å². The van der Waals surface area contributed by atoms with Crippen LogP contribution in [0.2, 0.25) is 0 Å². The summed E-state index contributed by atoms with van der Waals surface area (Å²) in [7, 11) is 1.67. The summed E-state index contributed by atoms with van der Waals surface area (Å²) in [6, 6.07) is 8.14. The average Bonchev–Trinajstić information content (AvgIpc) is 3.35. The molecule has 1 saturated heterocycles. The summed E-state index contributed by atoms with van der Waals surface area (Å²) in [4.78, 5) is 10.7. The first-order valence-corrected chi connectivity index (χ1v) is 9.35. The zero-order chi connectivity index (χ0) is 19.9. The van der Waals surface area contributed by atoms with Crippen LogP contribution in [-0.4, -0.2) is 48.3 Å². The van der Waals surface area contributed by atoms with E-state index in [1.54, 1.807) is 7.11 Å². The maximum absolute atomic E-state index is 13.0. The number of aliphatic imine (C=N–C) groups is 1. The Morgan fingerprint density at radius 1 is 1.39 bits per heavy atom. The molecule has 0 bridgehead atoms. The molecule has 2 aromatic rings. The lowest BCUT2D eigenvalue weighted by Crippen LogP contribution is -2.44. The number of ether oxygens (including phenoxy) is 1. The normalized spacial score (nSPS) is 17.2. The monoisotopic (exact) mass is 392 g/mol. The molecule has 0 spiro atoms. The first-order valence-electron chi connectivity index (χ1n) is 9.35. The third-order valence-electron chi connectivity index (χ3n) is 4.64. The van der Waals surface area contributed by atoms with Crippen LogP contribution in [0.25, 0.3) is 0 Å². The van der Waals surface area contributed by atoms with Gasteiger partial charge in [-0.15, -0.1) is 0 Å². The van der Waals surface area contributed by atoms with Gasteiger partial charge in [0.25, 0.3) is 0 Å². The average molecular weight is 392 g/mol. The maximum atomic E-state index is 13.0. The van der Waals surface area contributed by atoms with Gasteiger partial charge in [0.15, 0.2) is 5.96 Å². The molecule has 0 amide bonds. The number of nitrogens with zero attached hydrogens (tertiary/aromatic N) is 4. The van der Waals surface area contributed by atoms with E-state index >= 15 is 0 Å². The fourth-order valence-corrected chi connectivity index (χ4v) is 3.30. The summed E-state index contributed by atoms with van der Waals surface area (Å²) in [5.74, 6) is 1.68. The van der Waals surface area contributed by atoms with Crippen molar-refractivity contribution in [1.82, 2.24) is 20.2 Å². The predicted molar refractivity (Wildman–Crippen MR) is 105 cm³/mol. The fraction of sp³-hybridized carbons (Fsp3) is 0.474. The van der Waals surface area contributed by atoms with Crippen molar-refractivity contribution in [3.05, 3.63) is 42.5 Å². The zero-order valence-corrected chi connectivity index (χ0v) is 16.1. The van der Waals surface area contributed by atoms with Crippen LogP contribution in [-0.2, 0) is 6.54 Å². The van der Waals surface area contributed by atoms with Crippen LogP contribution in [0, 0.1) is 0 Å². The molecule has 1 aromatic heterocycles. The number of halogens is 2. The summed E-state index contributed by atoms with van der Waals surface area (Å²) < 4.78 is 32.2. The number of benzene rings is 1. The van der Waals surface area contributed by atoms with E-state index in [0.717, 1.165) is 35.5 Å². The van der Waals surface area contributed by atoms with Crippen LogP contribution in [0.15, 0.2) is 41.7 Å². The van der Waals surface area contributed by atoms with Crippen molar-refractivity contribution in [3.63, 3.8) is 0 Å². The molecular weight excluding hydrogens is 366 g/mol. The highest BCUT2D eigenvalue weighted by Crippen LogP contribution is 2.30. The van der Waals surface area contributed by atoms with Crippen LogP contribution < -0.4 is 20.3 Å². The van der Waals surface area contributed by atoms with Crippen LogP contribution in [0.1, 0.15) is 25.7 Å². The van der Waals surface area contributed by atoms with Crippen molar-refractivity contribution in [2.24, 2.45) is 4.99 Å². The minimum absolute atomic E-state index is 0.0790. The Kier molecular flexibility index (Phi) is 6.67. The van der Waals surface area contributed by atoms with Gasteiger partial charge in [0, 0.05) is 38.1 Å². The third kappa shape index (κ3) is 4.71. The second kappa shape index (κ2) is 9.38. The molecule has 1 fully saturated rings. The van der Waals surface area contributed by atoms with Gasteiger partial charge < -0.3 is 20.3 Å². The molecule has 1 aliphatic heterocycles. The van der Waals surface area contributed by atoms with Crippen molar-refractivity contribution in [1.29, 1.82) is 0 Å². The Hall–Kier alpha value is -2.84. The van der Waals surface area contributed by atoms with E-state index in [1.165, 1.54) is 12.4 Å². The minimum atomic E-state index is -2.62. The summed E-state index contributed by atoms with van der Waals surface area (Å²) in [6.07, 6.45) is 3.56. The van der Waals surface area contributed by atoms with Crippen molar-refractivity contribution in [3.8, 4) is 5.75 Å². The largest absolute Gasteiger partial charge is 0.495 e. The Morgan fingerprint density at radius 3 is 2.96 bits per heavy atom. The lowest BCUT2D eigenvalue weighted by Gasteiger charge is -2.22. The van der Waals surface area contributed by atoms with E-state index in [9.17, 15) is 8.78 Å². The number of aromatic nitrogens is 2. The van der Waals surface area contributed by atoms with E-state index in [-0.39, 0.29) is 18.4 Å². The molecule has 0 saturated carbocycles. The van der Waals surface area contributed by atoms with Gasteiger partial charge in [-0.3, -0.25) is 4.57 Å². The smallest absolute Gasteiger partial charge is 0.319 e. The summed E-state index contributed by atoms with van der Waals surface area (Å²) in [5, 5.41) is 6.57. The Balaban J connectivity index is 1.64. The summed E-state index contributed by atoms with van der Waals surface area (Å²) in [5.41, 5.74) is 1.07. The number of anilines is 1. The van der Waals surface area contributed by atoms with Gasteiger partial charge in [0.05, 0.1) is 12.8 Å². The van der Waals surface area contributed by atoms with Crippen LogP contribution >= 0.6 is 0 Å². The highest BCUT2D eigenvalue weighted by atomic mass is 19.3. The predicted octanol–water partition coefficient (Wildman–Crippen LogP) is 2.62. The SMILES string of the molecule is CCNC(=NCc1nccn1C(F)F)NC1CCN(c2ccccc2OC)C1.